The Balaban J connectivity index is 1.42. The molecule has 0 saturated carbocycles. The fourth-order valence-electron chi connectivity index (χ4n) is 4.15. The summed E-state index contributed by atoms with van der Waals surface area (Å²) in [5.41, 5.74) is 4.03. The first-order chi connectivity index (χ1) is 18.1. The molecule has 1 heterocycles. The molecule has 37 heavy (non-hydrogen) atoms. The molecule has 1 aliphatic heterocycles. The van der Waals surface area contributed by atoms with Crippen molar-refractivity contribution in [1.82, 2.24) is 5.32 Å². The Labute approximate surface area is 219 Å². The van der Waals surface area contributed by atoms with E-state index in [1.54, 1.807) is 29.2 Å². The molecule has 2 amide bonds. The van der Waals surface area contributed by atoms with Gasteiger partial charge in [0.05, 0.1) is 17.1 Å². The van der Waals surface area contributed by atoms with Crippen molar-refractivity contribution in [2.24, 2.45) is 0 Å². The van der Waals surface area contributed by atoms with Gasteiger partial charge in [-0.15, -0.1) is 0 Å². The molecule has 184 valence electrons. The Morgan fingerprint density at radius 3 is 2.30 bits per heavy atom. The van der Waals surface area contributed by atoms with Crippen LogP contribution in [0.4, 0.5) is 10.1 Å². The maximum absolute atomic E-state index is 13.6. The molecule has 0 aliphatic carbocycles. The Morgan fingerprint density at radius 2 is 1.57 bits per heavy atom. The second kappa shape index (κ2) is 11.3. The lowest BCUT2D eigenvalue weighted by atomic mass is 10.1. The first-order valence-electron chi connectivity index (χ1n) is 12.0. The largest absolute Gasteiger partial charge is 0.352 e. The van der Waals surface area contributed by atoms with Gasteiger partial charge < -0.3 is 10.2 Å². The zero-order valence-electron chi connectivity index (χ0n) is 20.1. The van der Waals surface area contributed by atoms with Gasteiger partial charge in [0.25, 0.3) is 11.8 Å². The van der Waals surface area contributed by atoms with E-state index in [0.717, 1.165) is 28.0 Å². The highest BCUT2D eigenvalue weighted by Gasteiger charge is 2.30. The fraction of sp³-hybridized carbons (Fsp3) is 0.0968. The van der Waals surface area contributed by atoms with Crippen LogP contribution in [-0.2, 0) is 17.8 Å². The molecule has 5 rings (SSSR count). The van der Waals surface area contributed by atoms with Gasteiger partial charge >= 0.3 is 0 Å². The van der Waals surface area contributed by atoms with Crippen LogP contribution in [0.5, 0.6) is 0 Å². The van der Waals surface area contributed by atoms with Gasteiger partial charge in [-0.05, 0) is 59.5 Å². The molecule has 0 atom stereocenters. The lowest BCUT2D eigenvalue weighted by Gasteiger charge is -2.31. The summed E-state index contributed by atoms with van der Waals surface area (Å²) in [4.78, 5) is 29.7. The monoisotopic (exact) mass is 508 g/mol. The first-order valence-corrected chi connectivity index (χ1v) is 12.9. The second-order valence-electron chi connectivity index (χ2n) is 8.71. The van der Waals surface area contributed by atoms with Crippen LogP contribution in [-0.4, -0.2) is 18.4 Å². The lowest BCUT2D eigenvalue weighted by molar-refractivity contribution is -0.114. The van der Waals surface area contributed by atoms with Crippen molar-refractivity contribution in [2.45, 2.75) is 17.9 Å². The fourth-order valence-corrected chi connectivity index (χ4v) is 5.19. The van der Waals surface area contributed by atoms with Gasteiger partial charge in [-0.3, -0.25) is 9.59 Å². The van der Waals surface area contributed by atoms with Crippen LogP contribution in [0.25, 0.3) is 6.08 Å². The molecule has 0 fully saturated rings. The minimum Gasteiger partial charge on any atom is -0.352 e. The van der Waals surface area contributed by atoms with E-state index in [-0.39, 0.29) is 24.2 Å². The third-order valence-corrected chi connectivity index (χ3v) is 7.16. The topological polar surface area (TPSA) is 49.4 Å². The van der Waals surface area contributed by atoms with Gasteiger partial charge in [0.15, 0.2) is 0 Å². The van der Waals surface area contributed by atoms with Crippen molar-refractivity contribution in [2.75, 3.05) is 11.4 Å². The number of nitrogens with one attached hydrogen (secondary N) is 1. The summed E-state index contributed by atoms with van der Waals surface area (Å²) >= 11 is 1.39. The van der Waals surface area contributed by atoms with Crippen LogP contribution in [0, 0.1) is 5.82 Å². The van der Waals surface area contributed by atoms with Crippen LogP contribution in [0.3, 0.4) is 0 Å². The molecule has 1 aliphatic rings. The summed E-state index contributed by atoms with van der Waals surface area (Å²) in [6, 6.07) is 31.2. The number of fused-ring (bicyclic) bond motifs is 1. The number of hydrogen-bond acceptors (Lipinski definition) is 3. The summed E-state index contributed by atoms with van der Waals surface area (Å²) in [6.45, 7) is 0.773. The van der Waals surface area contributed by atoms with Crippen LogP contribution in [0.15, 0.2) is 113 Å². The van der Waals surface area contributed by atoms with E-state index in [1.165, 1.54) is 23.9 Å². The number of carbonyl (C=O) groups is 2. The number of nitrogens with zero attached hydrogens (tertiary/aromatic N) is 1. The zero-order chi connectivity index (χ0) is 25.6. The normalized spacial score (nSPS) is 13.9. The van der Waals surface area contributed by atoms with E-state index >= 15 is 0 Å². The van der Waals surface area contributed by atoms with E-state index in [4.69, 9.17) is 0 Å². The molecular weight excluding hydrogens is 483 g/mol. The molecule has 0 radical (unpaired) electrons. The molecular formula is C31H25FN2O2S. The highest BCUT2D eigenvalue weighted by Crippen LogP contribution is 2.43. The Kier molecular flexibility index (Phi) is 7.47. The van der Waals surface area contributed by atoms with Crippen molar-refractivity contribution in [3.63, 3.8) is 0 Å². The van der Waals surface area contributed by atoms with Gasteiger partial charge in [0, 0.05) is 17.0 Å². The Hall–Kier alpha value is -4.16. The molecule has 0 saturated heterocycles. The Bertz CT molecular complexity index is 1440. The number of hydrogen-bond donors (Lipinski definition) is 1. The van der Waals surface area contributed by atoms with E-state index in [9.17, 15) is 14.0 Å². The van der Waals surface area contributed by atoms with Crippen LogP contribution in [0.2, 0.25) is 0 Å². The molecule has 0 unspecified atom stereocenters. The number of halogens is 1. The molecule has 1 N–H and O–H groups in total. The van der Waals surface area contributed by atoms with Crippen molar-refractivity contribution >= 4 is 35.3 Å². The van der Waals surface area contributed by atoms with Crippen molar-refractivity contribution < 1.29 is 14.0 Å². The summed E-state index contributed by atoms with van der Waals surface area (Å²) in [7, 11) is 0. The van der Waals surface area contributed by atoms with E-state index in [2.05, 4.69) is 5.32 Å². The van der Waals surface area contributed by atoms with Crippen molar-refractivity contribution in [1.29, 1.82) is 0 Å². The average molecular weight is 509 g/mol. The maximum Gasteiger partial charge on any atom is 0.265 e. The smallest absolute Gasteiger partial charge is 0.265 e. The quantitative estimate of drug-likeness (QED) is 0.291. The Morgan fingerprint density at radius 1 is 0.865 bits per heavy atom. The van der Waals surface area contributed by atoms with Crippen LogP contribution < -0.4 is 10.2 Å². The summed E-state index contributed by atoms with van der Waals surface area (Å²) < 4.78 is 13.5. The zero-order valence-corrected chi connectivity index (χ0v) is 20.9. The van der Waals surface area contributed by atoms with E-state index in [1.807, 2.05) is 72.8 Å². The minimum absolute atomic E-state index is 0.160. The number of carbonyl (C=O) groups excluding carboxylic acids is 2. The highest BCUT2D eigenvalue weighted by molar-refractivity contribution is 8.04. The summed E-state index contributed by atoms with van der Waals surface area (Å²) in [5, 5.41) is 2.98. The predicted octanol–water partition coefficient (Wildman–Crippen LogP) is 6.48. The summed E-state index contributed by atoms with van der Waals surface area (Å²) in [5.74, 6) is -0.681. The molecule has 4 aromatic carbocycles. The number of rotatable bonds is 7. The van der Waals surface area contributed by atoms with Crippen LogP contribution in [0.1, 0.15) is 27.0 Å². The lowest BCUT2D eigenvalue weighted by Crippen LogP contribution is -2.34. The third kappa shape index (κ3) is 5.98. The van der Waals surface area contributed by atoms with E-state index in [0.29, 0.717) is 22.7 Å². The van der Waals surface area contributed by atoms with Gasteiger partial charge in [-0.2, -0.15) is 0 Å². The molecule has 0 aromatic heterocycles. The average Bonchev–Trinajstić information content (AvgIpc) is 2.93. The van der Waals surface area contributed by atoms with Gasteiger partial charge in [-0.25, -0.2) is 4.39 Å². The van der Waals surface area contributed by atoms with Crippen molar-refractivity contribution in [3.8, 4) is 0 Å². The standard InChI is InChI=1S/C31H25FN2O2S/c32-26-14-11-24(12-15-26)21-34-27-20-25(30(35)33-18-17-22-7-3-1-4-8-22)13-16-28(27)37-29(31(34)36)19-23-9-5-2-6-10-23/h1-16,19-20H,17-18,21H2,(H,33,35). The highest BCUT2D eigenvalue weighted by atomic mass is 32.2. The second-order valence-corrected chi connectivity index (χ2v) is 9.80. The predicted molar refractivity (Wildman–Crippen MR) is 147 cm³/mol. The number of amides is 2. The first kappa shape index (κ1) is 24.5. The van der Waals surface area contributed by atoms with E-state index < -0.39 is 0 Å². The SMILES string of the molecule is O=C(NCCc1ccccc1)c1ccc2c(c1)N(Cc1ccc(F)cc1)C(=O)C(=Cc1ccccc1)S2. The number of thioether (sulfide) groups is 1. The molecule has 0 spiro atoms. The summed E-state index contributed by atoms with van der Waals surface area (Å²) in [6.07, 6.45) is 2.61. The van der Waals surface area contributed by atoms with Gasteiger partial charge in [-0.1, -0.05) is 84.6 Å². The number of anilines is 1. The molecule has 6 heteroatoms. The van der Waals surface area contributed by atoms with Crippen LogP contribution >= 0.6 is 11.8 Å². The van der Waals surface area contributed by atoms with Gasteiger partial charge in [0.1, 0.15) is 5.82 Å². The molecule has 4 nitrogen and oxygen atoms in total. The minimum atomic E-state index is -0.330. The molecule has 4 aromatic rings. The van der Waals surface area contributed by atoms with Crippen molar-refractivity contribution in [3.05, 3.63) is 136 Å². The third-order valence-electron chi connectivity index (χ3n) is 6.08. The van der Waals surface area contributed by atoms with Gasteiger partial charge in [0.2, 0.25) is 0 Å². The molecule has 0 bridgehead atoms. The number of benzene rings is 4. The maximum atomic E-state index is 13.6.